The Bertz CT molecular complexity index is 970. The minimum absolute atomic E-state index is 0.0313. The second-order valence-corrected chi connectivity index (χ2v) is 11.0. The first kappa shape index (κ1) is 23.8. The van der Waals surface area contributed by atoms with E-state index in [4.69, 9.17) is 25.8 Å². The molecule has 0 bridgehead atoms. The van der Waals surface area contributed by atoms with Crippen LogP contribution in [0.2, 0.25) is 0 Å². The summed E-state index contributed by atoms with van der Waals surface area (Å²) in [5.41, 5.74) is 0.212. The van der Waals surface area contributed by atoms with Crippen molar-refractivity contribution >= 4 is 23.4 Å². The van der Waals surface area contributed by atoms with E-state index in [-0.39, 0.29) is 35.1 Å². The van der Waals surface area contributed by atoms with Crippen molar-refractivity contribution in [3.63, 3.8) is 0 Å². The molecule has 0 radical (unpaired) electrons. The predicted molar refractivity (Wildman–Crippen MR) is 129 cm³/mol. The zero-order valence-electron chi connectivity index (χ0n) is 19.7. The van der Waals surface area contributed by atoms with Crippen molar-refractivity contribution in [2.75, 3.05) is 13.2 Å². The summed E-state index contributed by atoms with van der Waals surface area (Å²) in [6, 6.07) is 9.10. The zero-order chi connectivity index (χ0) is 23.8. The van der Waals surface area contributed by atoms with E-state index < -0.39 is 5.79 Å². The summed E-state index contributed by atoms with van der Waals surface area (Å²) in [6.07, 6.45) is 11.4. The number of rotatable bonds is 7. The maximum atomic E-state index is 13.3. The number of carbonyl (C=O) groups excluding carboxylic acids is 2. The van der Waals surface area contributed by atoms with E-state index in [9.17, 15) is 9.59 Å². The van der Waals surface area contributed by atoms with Crippen LogP contribution in [0.1, 0.15) is 62.2 Å². The fourth-order valence-corrected chi connectivity index (χ4v) is 6.45. The quantitative estimate of drug-likeness (QED) is 0.360. The van der Waals surface area contributed by atoms with Crippen LogP contribution in [0, 0.1) is 23.2 Å². The second-order valence-electron chi connectivity index (χ2n) is 10.4. The number of hydrogen-bond acceptors (Lipinski definition) is 5. The molecule has 5 nitrogen and oxygen atoms in total. The third-order valence-electron chi connectivity index (χ3n) is 8.34. The maximum Gasteiger partial charge on any atom is 0.338 e. The summed E-state index contributed by atoms with van der Waals surface area (Å²) in [7, 11) is 0. The van der Waals surface area contributed by atoms with E-state index in [1.165, 1.54) is 0 Å². The van der Waals surface area contributed by atoms with Crippen LogP contribution in [0.15, 0.2) is 53.6 Å². The highest BCUT2D eigenvalue weighted by Crippen LogP contribution is 2.55. The highest BCUT2D eigenvalue weighted by atomic mass is 35.5. The first-order valence-corrected chi connectivity index (χ1v) is 12.9. The molecule has 4 aliphatic rings. The van der Waals surface area contributed by atoms with Crippen LogP contribution in [-0.2, 0) is 19.0 Å². The van der Waals surface area contributed by atoms with Gasteiger partial charge in [-0.1, -0.05) is 48.4 Å². The van der Waals surface area contributed by atoms with Gasteiger partial charge in [0, 0.05) is 29.2 Å². The minimum atomic E-state index is -0.502. The average molecular weight is 485 g/mol. The molecule has 1 aromatic carbocycles. The predicted octanol–water partition coefficient (Wildman–Crippen LogP) is 5.83. The maximum absolute atomic E-state index is 13.3. The molecular formula is C28H33ClO5. The van der Waals surface area contributed by atoms with Gasteiger partial charge in [-0.25, -0.2) is 4.79 Å². The topological polar surface area (TPSA) is 61.8 Å². The molecule has 1 heterocycles. The molecule has 4 atom stereocenters. The van der Waals surface area contributed by atoms with E-state index in [2.05, 4.69) is 0 Å². The van der Waals surface area contributed by atoms with Crippen LogP contribution < -0.4 is 0 Å². The van der Waals surface area contributed by atoms with Crippen molar-refractivity contribution in [2.24, 2.45) is 23.2 Å². The van der Waals surface area contributed by atoms with Gasteiger partial charge in [-0.05, 0) is 62.7 Å². The molecule has 0 amide bonds. The van der Waals surface area contributed by atoms with Gasteiger partial charge in [0.25, 0.3) is 0 Å². The van der Waals surface area contributed by atoms with Gasteiger partial charge in [0.15, 0.2) is 11.6 Å². The second kappa shape index (κ2) is 9.60. The highest BCUT2D eigenvalue weighted by Gasteiger charge is 2.57. The van der Waals surface area contributed by atoms with Gasteiger partial charge in [-0.3, -0.25) is 4.79 Å². The number of benzene rings is 1. The molecule has 1 spiro atoms. The Labute approximate surface area is 206 Å². The first-order valence-electron chi connectivity index (χ1n) is 12.5. The van der Waals surface area contributed by atoms with Gasteiger partial charge in [0.1, 0.15) is 6.10 Å². The van der Waals surface area contributed by atoms with Gasteiger partial charge in [0.2, 0.25) is 0 Å². The largest absolute Gasteiger partial charge is 0.458 e. The molecule has 0 N–H and O–H groups in total. The third-order valence-corrected chi connectivity index (χ3v) is 8.50. The SMILES string of the molecule is C/C(Cl)=C\CC1(C(=O)C=C[C@@H]2[C@H]3CC4(C[C@H]3C[C@H]2OC(=O)c2ccccc2)OCCO4)CCC1. The van der Waals surface area contributed by atoms with E-state index in [0.717, 1.165) is 43.6 Å². The Hall–Kier alpha value is -1.95. The highest BCUT2D eigenvalue weighted by molar-refractivity contribution is 6.29. The fraction of sp³-hybridized carbons (Fsp3) is 0.571. The van der Waals surface area contributed by atoms with Gasteiger partial charge in [0.05, 0.1) is 18.8 Å². The average Bonchev–Trinajstić information content (AvgIpc) is 3.47. The number of fused-ring (bicyclic) bond motifs is 1. The number of esters is 1. The fourth-order valence-electron chi connectivity index (χ4n) is 6.37. The summed E-state index contributed by atoms with van der Waals surface area (Å²) in [5, 5.41) is 0.724. The summed E-state index contributed by atoms with van der Waals surface area (Å²) in [5.74, 6) is -0.0788. The molecule has 0 unspecified atom stereocenters. The van der Waals surface area contributed by atoms with Crippen LogP contribution in [-0.4, -0.2) is 36.9 Å². The molecule has 182 valence electrons. The molecule has 34 heavy (non-hydrogen) atoms. The molecular weight excluding hydrogens is 452 g/mol. The first-order chi connectivity index (χ1) is 16.4. The normalized spacial score (nSPS) is 31.5. The molecule has 5 rings (SSSR count). The molecule has 0 aromatic heterocycles. The summed E-state index contributed by atoms with van der Waals surface area (Å²) in [4.78, 5) is 26.1. The van der Waals surface area contributed by atoms with Gasteiger partial charge < -0.3 is 14.2 Å². The van der Waals surface area contributed by atoms with Crippen LogP contribution in [0.5, 0.6) is 0 Å². The number of allylic oxidation sites excluding steroid dienone is 3. The third kappa shape index (κ3) is 4.62. The lowest BCUT2D eigenvalue weighted by atomic mass is 9.63. The smallest absolute Gasteiger partial charge is 0.338 e. The Morgan fingerprint density at radius 1 is 1.15 bits per heavy atom. The number of carbonyl (C=O) groups is 2. The molecule has 6 heteroatoms. The number of halogens is 1. The number of hydrogen-bond donors (Lipinski definition) is 0. The van der Waals surface area contributed by atoms with Crippen molar-refractivity contribution in [3.8, 4) is 0 Å². The van der Waals surface area contributed by atoms with Crippen molar-refractivity contribution < 1.29 is 23.8 Å². The van der Waals surface area contributed by atoms with E-state index in [1.807, 2.05) is 37.3 Å². The van der Waals surface area contributed by atoms with Crippen LogP contribution in [0.25, 0.3) is 0 Å². The number of ether oxygens (including phenoxy) is 3. The molecule has 3 saturated carbocycles. The van der Waals surface area contributed by atoms with Crippen molar-refractivity contribution in [3.05, 3.63) is 59.2 Å². The Morgan fingerprint density at radius 3 is 2.53 bits per heavy atom. The molecule has 1 saturated heterocycles. The van der Waals surface area contributed by atoms with E-state index in [0.29, 0.717) is 31.1 Å². The zero-order valence-corrected chi connectivity index (χ0v) is 20.5. The van der Waals surface area contributed by atoms with Gasteiger partial charge in [-0.2, -0.15) is 0 Å². The van der Waals surface area contributed by atoms with E-state index in [1.54, 1.807) is 18.2 Å². The molecule has 4 fully saturated rings. The molecule has 1 aliphatic heterocycles. The molecule has 1 aromatic rings. The minimum Gasteiger partial charge on any atom is -0.458 e. The van der Waals surface area contributed by atoms with Gasteiger partial charge >= 0.3 is 5.97 Å². The summed E-state index contributed by atoms with van der Waals surface area (Å²) >= 11 is 6.05. The van der Waals surface area contributed by atoms with Crippen LogP contribution in [0.4, 0.5) is 0 Å². The van der Waals surface area contributed by atoms with Crippen molar-refractivity contribution in [1.82, 2.24) is 0 Å². The van der Waals surface area contributed by atoms with Crippen LogP contribution >= 0.6 is 11.6 Å². The molecule has 3 aliphatic carbocycles. The standard InChI is InChI=1S/C28H33ClO5/c1-19(29)10-13-27(11-5-12-27)25(30)9-8-22-23-18-28(32-14-15-33-28)17-21(23)16-24(22)34-26(31)20-6-3-2-4-7-20/h2-4,6-10,21-24H,5,11-18H2,1H3/b9-8?,19-10+/t21-,22-,23+,24-/m1/s1. The van der Waals surface area contributed by atoms with Crippen LogP contribution in [0.3, 0.4) is 0 Å². The Morgan fingerprint density at radius 2 is 1.88 bits per heavy atom. The van der Waals surface area contributed by atoms with E-state index >= 15 is 0 Å². The Balaban J connectivity index is 1.34. The van der Waals surface area contributed by atoms with Crippen molar-refractivity contribution in [1.29, 1.82) is 0 Å². The lowest BCUT2D eigenvalue weighted by Crippen LogP contribution is -2.37. The number of ketones is 1. The van der Waals surface area contributed by atoms with Crippen molar-refractivity contribution in [2.45, 2.75) is 63.8 Å². The lowest BCUT2D eigenvalue weighted by Gasteiger charge is -2.39. The van der Waals surface area contributed by atoms with Gasteiger partial charge in [-0.15, -0.1) is 0 Å². The Kier molecular flexibility index (Phi) is 6.71. The lowest BCUT2D eigenvalue weighted by molar-refractivity contribution is -0.157. The summed E-state index contributed by atoms with van der Waals surface area (Å²) in [6.45, 7) is 3.10. The monoisotopic (exact) mass is 484 g/mol. The summed E-state index contributed by atoms with van der Waals surface area (Å²) < 4.78 is 18.0.